The third kappa shape index (κ3) is 3.04. The Morgan fingerprint density at radius 2 is 1.76 bits per heavy atom. The molecule has 9 heteroatoms. The lowest BCUT2D eigenvalue weighted by molar-refractivity contribution is 0.594. The lowest BCUT2D eigenvalue weighted by Gasteiger charge is -2.12. The SMILES string of the molecule is Nc1cccc(F)c1NS(=O)(=O)c1ccc(Cl)c(F)c1Cl. The van der Waals surface area contributed by atoms with Gasteiger partial charge in [-0.15, -0.1) is 0 Å². The fourth-order valence-corrected chi connectivity index (χ4v) is 3.40. The molecule has 0 aliphatic heterocycles. The standard InChI is InChI=1S/C12H8Cl2F2N2O2S/c13-6-4-5-9(10(14)11(6)16)21(19,20)18-12-7(15)2-1-3-8(12)17/h1-5,18H,17H2. The minimum Gasteiger partial charge on any atom is -0.397 e. The molecule has 2 rings (SSSR count). The number of anilines is 2. The van der Waals surface area contributed by atoms with Crippen molar-refractivity contribution < 1.29 is 17.2 Å². The van der Waals surface area contributed by atoms with Gasteiger partial charge in [-0.1, -0.05) is 29.3 Å². The number of nitrogens with one attached hydrogen (secondary N) is 1. The van der Waals surface area contributed by atoms with Gasteiger partial charge in [0.05, 0.1) is 15.7 Å². The third-order valence-corrected chi connectivity index (χ3v) is 4.74. The Morgan fingerprint density at radius 1 is 1.10 bits per heavy atom. The van der Waals surface area contributed by atoms with Crippen LogP contribution in [-0.2, 0) is 10.0 Å². The summed E-state index contributed by atoms with van der Waals surface area (Å²) in [6, 6.07) is 5.69. The molecule has 4 nitrogen and oxygen atoms in total. The zero-order valence-corrected chi connectivity index (χ0v) is 12.5. The summed E-state index contributed by atoms with van der Waals surface area (Å²) in [5.74, 6) is -1.95. The van der Waals surface area contributed by atoms with E-state index in [1.54, 1.807) is 0 Å². The summed E-state index contributed by atoms with van der Waals surface area (Å²) < 4.78 is 53.4. The van der Waals surface area contributed by atoms with E-state index in [1.165, 1.54) is 12.1 Å². The highest BCUT2D eigenvalue weighted by Gasteiger charge is 2.24. The maximum Gasteiger partial charge on any atom is 0.263 e. The lowest BCUT2D eigenvalue weighted by atomic mass is 10.3. The summed E-state index contributed by atoms with van der Waals surface area (Å²) in [6.45, 7) is 0. The quantitative estimate of drug-likeness (QED) is 0.654. The molecule has 0 aromatic heterocycles. The summed E-state index contributed by atoms with van der Waals surface area (Å²) in [7, 11) is -4.33. The van der Waals surface area contributed by atoms with Gasteiger partial charge in [0.1, 0.15) is 16.4 Å². The van der Waals surface area contributed by atoms with E-state index in [0.29, 0.717) is 0 Å². The molecule has 0 fully saturated rings. The summed E-state index contributed by atoms with van der Waals surface area (Å²) in [5.41, 5.74) is 4.94. The van der Waals surface area contributed by atoms with Crippen molar-refractivity contribution in [3.8, 4) is 0 Å². The number of sulfonamides is 1. The molecule has 0 radical (unpaired) electrons. The number of halogens is 4. The van der Waals surface area contributed by atoms with Crippen molar-refractivity contribution in [2.75, 3.05) is 10.5 Å². The molecule has 0 saturated heterocycles. The van der Waals surface area contributed by atoms with Crippen molar-refractivity contribution in [1.82, 2.24) is 0 Å². The van der Waals surface area contributed by atoms with E-state index in [9.17, 15) is 17.2 Å². The highest BCUT2D eigenvalue weighted by molar-refractivity contribution is 7.92. The molecular weight excluding hydrogens is 345 g/mol. The van der Waals surface area contributed by atoms with Gasteiger partial charge in [-0.3, -0.25) is 4.72 Å². The Labute approximate surface area is 129 Å². The predicted octanol–water partition coefficient (Wildman–Crippen LogP) is 3.65. The predicted molar refractivity (Wildman–Crippen MR) is 78.0 cm³/mol. The van der Waals surface area contributed by atoms with Crippen molar-refractivity contribution in [2.24, 2.45) is 0 Å². The first-order chi connectivity index (χ1) is 9.74. The van der Waals surface area contributed by atoms with Crippen molar-refractivity contribution in [3.05, 3.63) is 52.0 Å². The zero-order chi connectivity index (χ0) is 15.8. The number of benzene rings is 2. The Morgan fingerprint density at radius 3 is 2.38 bits per heavy atom. The van der Waals surface area contributed by atoms with Gasteiger partial charge in [0.25, 0.3) is 10.0 Å². The molecule has 0 bridgehead atoms. The Bertz CT molecular complexity index is 793. The molecule has 112 valence electrons. The third-order valence-electron chi connectivity index (χ3n) is 2.57. The number of nitrogens with two attached hydrogens (primary N) is 1. The minimum absolute atomic E-state index is 0.121. The molecule has 0 amide bonds. The smallest absolute Gasteiger partial charge is 0.263 e. The van der Waals surface area contributed by atoms with Crippen LogP contribution in [0.4, 0.5) is 20.2 Å². The average Bonchev–Trinajstić information content (AvgIpc) is 2.40. The molecule has 0 atom stereocenters. The second-order valence-corrected chi connectivity index (χ2v) is 6.42. The van der Waals surface area contributed by atoms with Crippen molar-refractivity contribution >= 4 is 44.6 Å². The molecule has 2 aromatic carbocycles. The van der Waals surface area contributed by atoms with Crippen LogP contribution in [0.3, 0.4) is 0 Å². The molecule has 2 aromatic rings. The molecule has 3 N–H and O–H groups in total. The number of para-hydroxylation sites is 1. The first kappa shape index (κ1) is 15.8. The largest absolute Gasteiger partial charge is 0.397 e. The highest BCUT2D eigenvalue weighted by Crippen LogP contribution is 2.32. The zero-order valence-electron chi connectivity index (χ0n) is 10.2. The van der Waals surface area contributed by atoms with Gasteiger partial charge < -0.3 is 5.73 Å². The van der Waals surface area contributed by atoms with E-state index in [2.05, 4.69) is 0 Å². The van der Waals surface area contributed by atoms with Crippen LogP contribution in [0, 0.1) is 11.6 Å². The second-order valence-electron chi connectivity index (χ2n) is 3.98. The fourth-order valence-electron chi connectivity index (χ4n) is 1.55. The second kappa shape index (κ2) is 5.67. The van der Waals surface area contributed by atoms with E-state index in [0.717, 1.165) is 18.2 Å². The normalized spacial score (nSPS) is 11.4. The number of nitrogen functional groups attached to an aromatic ring is 1. The number of rotatable bonds is 3. The summed E-state index contributed by atoms with van der Waals surface area (Å²) >= 11 is 11.1. The van der Waals surface area contributed by atoms with Crippen LogP contribution in [0.5, 0.6) is 0 Å². The maximum atomic E-state index is 13.6. The van der Waals surface area contributed by atoms with Gasteiger partial charge in [-0.05, 0) is 24.3 Å². The molecule has 0 spiro atoms. The topological polar surface area (TPSA) is 72.2 Å². The Balaban J connectivity index is 2.52. The summed E-state index contributed by atoms with van der Waals surface area (Å²) in [4.78, 5) is -0.575. The highest BCUT2D eigenvalue weighted by atomic mass is 35.5. The van der Waals surface area contributed by atoms with Crippen LogP contribution in [0.2, 0.25) is 10.0 Å². The number of hydrogen-bond donors (Lipinski definition) is 2. The Hall–Kier alpha value is -1.57. The summed E-state index contributed by atoms with van der Waals surface area (Å²) in [6.07, 6.45) is 0. The fraction of sp³-hybridized carbons (Fsp3) is 0. The van der Waals surface area contributed by atoms with Crippen molar-refractivity contribution in [2.45, 2.75) is 4.90 Å². The van der Waals surface area contributed by atoms with Gasteiger partial charge >= 0.3 is 0 Å². The number of hydrogen-bond acceptors (Lipinski definition) is 3. The molecular formula is C12H8Cl2F2N2O2S. The van der Waals surface area contributed by atoms with Crippen LogP contribution in [0.1, 0.15) is 0 Å². The first-order valence-electron chi connectivity index (χ1n) is 5.44. The van der Waals surface area contributed by atoms with Crippen LogP contribution in [0.25, 0.3) is 0 Å². The van der Waals surface area contributed by atoms with Gasteiger partial charge in [-0.25, -0.2) is 17.2 Å². The van der Waals surface area contributed by atoms with Crippen LogP contribution < -0.4 is 10.5 Å². The van der Waals surface area contributed by atoms with Gasteiger partial charge in [0, 0.05) is 0 Å². The van der Waals surface area contributed by atoms with Crippen molar-refractivity contribution in [3.63, 3.8) is 0 Å². The van der Waals surface area contributed by atoms with Gasteiger partial charge in [-0.2, -0.15) is 0 Å². The molecule has 0 aliphatic rings. The van der Waals surface area contributed by atoms with Crippen molar-refractivity contribution in [1.29, 1.82) is 0 Å². The molecule has 21 heavy (non-hydrogen) atoms. The van der Waals surface area contributed by atoms with Crippen LogP contribution in [-0.4, -0.2) is 8.42 Å². The van der Waals surface area contributed by atoms with E-state index >= 15 is 0 Å². The van der Waals surface area contributed by atoms with Gasteiger partial charge in [0.2, 0.25) is 0 Å². The average molecular weight is 353 g/mol. The van der Waals surface area contributed by atoms with Gasteiger partial charge in [0.15, 0.2) is 5.82 Å². The maximum absolute atomic E-state index is 13.6. The monoisotopic (exact) mass is 352 g/mol. The van der Waals surface area contributed by atoms with E-state index < -0.39 is 37.3 Å². The van der Waals surface area contributed by atoms with E-state index in [-0.39, 0.29) is 10.7 Å². The van der Waals surface area contributed by atoms with E-state index in [1.807, 2.05) is 4.72 Å². The minimum atomic E-state index is -4.33. The van der Waals surface area contributed by atoms with Crippen LogP contribution >= 0.6 is 23.2 Å². The lowest BCUT2D eigenvalue weighted by Crippen LogP contribution is -2.16. The van der Waals surface area contributed by atoms with Crippen LogP contribution in [0.15, 0.2) is 35.2 Å². The first-order valence-corrected chi connectivity index (χ1v) is 7.68. The Kier molecular flexibility index (Phi) is 4.27. The molecule has 0 aliphatic carbocycles. The van der Waals surface area contributed by atoms with E-state index in [4.69, 9.17) is 28.9 Å². The summed E-state index contributed by atoms with van der Waals surface area (Å²) in [5, 5.41) is -1.02. The molecule has 0 saturated carbocycles. The molecule has 0 heterocycles. The molecule has 0 unspecified atom stereocenters.